The molecule has 0 spiro atoms. The summed E-state index contributed by atoms with van der Waals surface area (Å²) in [6.07, 6.45) is 0. The van der Waals surface area contributed by atoms with E-state index in [1.807, 2.05) is 13.8 Å². The van der Waals surface area contributed by atoms with Crippen molar-refractivity contribution in [3.8, 4) is 44.5 Å². The van der Waals surface area contributed by atoms with E-state index in [4.69, 9.17) is 0 Å². The maximum Gasteiger partial charge on any atom is -0.00262 e. The summed E-state index contributed by atoms with van der Waals surface area (Å²) >= 11 is 0. The van der Waals surface area contributed by atoms with Crippen LogP contribution in [0.15, 0.2) is 182 Å². The molecule has 0 amide bonds. The fraction of sp³-hybridized carbons (Fsp3) is 0.0417. The van der Waals surface area contributed by atoms with Gasteiger partial charge in [-0.2, -0.15) is 0 Å². The van der Waals surface area contributed by atoms with Gasteiger partial charge in [0.2, 0.25) is 0 Å². The molecule has 0 atom stereocenters. The lowest BCUT2D eigenvalue weighted by atomic mass is 9.85. The molecule has 228 valence electrons. The van der Waals surface area contributed by atoms with Gasteiger partial charge in [0.15, 0.2) is 0 Å². The van der Waals surface area contributed by atoms with Gasteiger partial charge >= 0.3 is 0 Å². The van der Waals surface area contributed by atoms with Gasteiger partial charge in [-0.3, -0.25) is 0 Å². The third kappa shape index (κ3) is 5.13. The molecule has 0 bridgehead atoms. The van der Waals surface area contributed by atoms with Crippen LogP contribution in [0.2, 0.25) is 0 Å². The summed E-state index contributed by atoms with van der Waals surface area (Å²) in [5.74, 6) is 0. The van der Waals surface area contributed by atoms with E-state index in [1.165, 1.54) is 87.6 Å². The van der Waals surface area contributed by atoms with Crippen LogP contribution in [0.4, 0.5) is 0 Å². The summed E-state index contributed by atoms with van der Waals surface area (Å²) in [5.41, 5.74) is 9.98. The fourth-order valence-corrected chi connectivity index (χ4v) is 7.27. The molecule has 0 heteroatoms. The quantitative estimate of drug-likeness (QED) is 0.173. The molecule has 0 aromatic heterocycles. The van der Waals surface area contributed by atoms with Crippen LogP contribution in [-0.2, 0) is 0 Å². The number of benzene rings is 9. The minimum Gasteiger partial charge on any atom is -0.0683 e. The predicted molar refractivity (Wildman–Crippen MR) is 210 cm³/mol. The van der Waals surface area contributed by atoms with E-state index in [1.54, 1.807) is 0 Å². The first-order valence-corrected chi connectivity index (χ1v) is 16.9. The van der Waals surface area contributed by atoms with Crippen molar-refractivity contribution < 1.29 is 0 Å². The lowest BCUT2D eigenvalue weighted by Gasteiger charge is -2.18. The lowest BCUT2D eigenvalue weighted by Crippen LogP contribution is -1.91. The number of hydrogen-bond donors (Lipinski definition) is 0. The van der Waals surface area contributed by atoms with E-state index < -0.39 is 0 Å². The van der Waals surface area contributed by atoms with E-state index in [-0.39, 0.29) is 0 Å². The smallest absolute Gasteiger partial charge is 0.00262 e. The van der Waals surface area contributed by atoms with Crippen molar-refractivity contribution in [3.05, 3.63) is 182 Å². The van der Waals surface area contributed by atoms with E-state index in [9.17, 15) is 0 Å². The van der Waals surface area contributed by atoms with E-state index in [0.29, 0.717) is 0 Å². The first-order chi connectivity index (χ1) is 23.8. The molecule has 9 rings (SSSR count). The molecular weight excluding hydrogens is 577 g/mol. The summed E-state index contributed by atoms with van der Waals surface area (Å²) in [6.45, 7) is 4.00. The highest BCUT2D eigenvalue weighted by Crippen LogP contribution is 2.44. The molecule has 0 unspecified atom stereocenters. The number of fused-ring (bicyclic) bond motifs is 4. The topological polar surface area (TPSA) is 0 Å². The van der Waals surface area contributed by atoms with Crippen LogP contribution in [0.1, 0.15) is 13.8 Å². The average Bonchev–Trinajstić information content (AvgIpc) is 3.17. The maximum absolute atomic E-state index is 2.37. The standard InChI is InChI=1S/C46H30.C2H6/c1-2-13-35-29-36(28-25-31(35)11-1)32-23-26-34(27-24-32)45-41-18-5-7-20-43(41)46(44-21-8-6-19-42(44)45)38-16-9-15-37(30-38)40-22-10-14-33-12-3-4-17-39(33)40;1-2/h1-30H;1-2H3. The van der Waals surface area contributed by atoms with Crippen LogP contribution in [0.3, 0.4) is 0 Å². The summed E-state index contributed by atoms with van der Waals surface area (Å²) in [4.78, 5) is 0. The normalized spacial score (nSPS) is 11.1. The average molecular weight is 613 g/mol. The summed E-state index contributed by atoms with van der Waals surface area (Å²) in [6, 6.07) is 66.5. The molecule has 0 fully saturated rings. The van der Waals surface area contributed by atoms with Crippen LogP contribution in [0.25, 0.3) is 87.6 Å². The molecule has 0 aliphatic heterocycles. The second-order valence-corrected chi connectivity index (χ2v) is 12.1. The largest absolute Gasteiger partial charge is 0.0683 e. The maximum atomic E-state index is 2.37. The molecule has 0 nitrogen and oxygen atoms in total. The van der Waals surface area contributed by atoms with Gasteiger partial charge in [-0.25, -0.2) is 0 Å². The Kier molecular flexibility index (Phi) is 7.76. The van der Waals surface area contributed by atoms with Crippen LogP contribution in [-0.4, -0.2) is 0 Å². The third-order valence-electron chi connectivity index (χ3n) is 9.44. The van der Waals surface area contributed by atoms with Crippen molar-refractivity contribution in [1.29, 1.82) is 0 Å². The molecule has 0 aliphatic rings. The first kappa shape index (κ1) is 29.4. The molecule has 0 N–H and O–H groups in total. The van der Waals surface area contributed by atoms with Crippen molar-refractivity contribution in [1.82, 2.24) is 0 Å². The molecular formula is C48H36. The highest BCUT2D eigenvalue weighted by atomic mass is 14.2. The summed E-state index contributed by atoms with van der Waals surface area (Å²) in [7, 11) is 0. The minimum absolute atomic E-state index is 1.23. The Morgan fingerprint density at radius 2 is 0.708 bits per heavy atom. The van der Waals surface area contributed by atoms with Crippen LogP contribution >= 0.6 is 0 Å². The Bertz CT molecular complexity index is 2510. The van der Waals surface area contributed by atoms with Gasteiger partial charge < -0.3 is 0 Å². The van der Waals surface area contributed by atoms with Gasteiger partial charge in [0.05, 0.1) is 0 Å². The SMILES string of the molecule is CC.c1cc(-c2cccc3ccccc23)cc(-c2c3ccccc3c(-c3ccc(-c4ccc5ccccc5c4)cc3)c3ccccc23)c1. The van der Waals surface area contributed by atoms with Gasteiger partial charge in [-0.1, -0.05) is 184 Å². The van der Waals surface area contributed by atoms with E-state index >= 15 is 0 Å². The fourth-order valence-electron chi connectivity index (χ4n) is 7.27. The van der Waals surface area contributed by atoms with Crippen molar-refractivity contribution in [3.63, 3.8) is 0 Å². The Morgan fingerprint density at radius 3 is 1.38 bits per heavy atom. The molecule has 9 aromatic carbocycles. The lowest BCUT2D eigenvalue weighted by molar-refractivity contribution is 1.50. The molecule has 0 radical (unpaired) electrons. The highest BCUT2D eigenvalue weighted by molar-refractivity contribution is 6.21. The van der Waals surface area contributed by atoms with E-state index in [0.717, 1.165) is 0 Å². The van der Waals surface area contributed by atoms with Crippen LogP contribution < -0.4 is 0 Å². The second-order valence-electron chi connectivity index (χ2n) is 12.1. The molecule has 0 aliphatic carbocycles. The molecule has 0 saturated heterocycles. The Morgan fingerprint density at radius 1 is 0.250 bits per heavy atom. The van der Waals surface area contributed by atoms with Gasteiger partial charge in [0, 0.05) is 0 Å². The Labute approximate surface area is 282 Å². The van der Waals surface area contributed by atoms with Crippen molar-refractivity contribution in [2.45, 2.75) is 13.8 Å². The first-order valence-electron chi connectivity index (χ1n) is 16.9. The monoisotopic (exact) mass is 612 g/mol. The van der Waals surface area contributed by atoms with Gasteiger partial charge in [0.1, 0.15) is 0 Å². The highest BCUT2D eigenvalue weighted by Gasteiger charge is 2.17. The van der Waals surface area contributed by atoms with Gasteiger partial charge in [0.25, 0.3) is 0 Å². The minimum atomic E-state index is 1.23. The third-order valence-corrected chi connectivity index (χ3v) is 9.44. The zero-order chi connectivity index (χ0) is 32.5. The van der Waals surface area contributed by atoms with Gasteiger partial charge in [-0.15, -0.1) is 0 Å². The zero-order valence-electron chi connectivity index (χ0n) is 27.3. The predicted octanol–water partition coefficient (Wildman–Crippen LogP) is 14.0. The number of hydrogen-bond acceptors (Lipinski definition) is 0. The number of rotatable bonds is 4. The molecule has 48 heavy (non-hydrogen) atoms. The molecule has 9 aromatic rings. The van der Waals surface area contributed by atoms with Crippen molar-refractivity contribution >= 4 is 43.1 Å². The van der Waals surface area contributed by atoms with Gasteiger partial charge in [-0.05, 0) is 99.7 Å². The zero-order valence-corrected chi connectivity index (χ0v) is 27.3. The second kappa shape index (κ2) is 12.7. The van der Waals surface area contributed by atoms with Crippen molar-refractivity contribution in [2.24, 2.45) is 0 Å². The molecule has 0 heterocycles. The Hall–Kier alpha value is -5.98. The van der Waals surface area contributed by atoms with Crippen LogP contribution in [0, 0.1) is 0 Å². The summed E-state index contributed by atoms with van der Waals surface area (Å²) in [5, 5.41) is 10.1. The molecule has 0 saturated carbocycles. The van der Waals surface area contributed by atoms with Crippen molar-refractivity contribution in [2.75, 3.05) is 0 Å². The van der Waals surface area contributed by atoms with Crippen LogP contribution in [0.5, 0.6) is 0 Å². The summed E-state index contributed by atoms with van der Waals surface area (Å²) < 4.78 is 0. The van der Waals surface area contributed by atoms with E-state index in [2.05, 4.69) is 182 Å². The Balaban J connectivity index is 0.00000165.